The Morgan fingerprint density at radius 1 is 1.12 bits per heavy atom. The maximum atomic E-state index is 11.6. The summed E-state index contributed by atoms with van der Waals surface area (Å²) in [6.07, 6.45) is 7.03. The van der Waals surface area contributed by atoms with E-state index in [2.05, 4.69) is 26.4 Å². The summed E-state index contributed by atoms with van der Waals surface area (Å²) in [4.78, 5) is 29.4. The second-order valence-corrected chi connectivity index (χ2v) is 5.98. The number of carbonyl (C=O) groups is 1. The molecule has 4 aromatic rings. The molecule has 0 fully saturated rings. The van der Waals surface area contributed by atoms with E-state index in [-0.39, 0.29) is 5.78 Å². The topological polar surface area (TPSA) is 78.5 Å². The summed E-state index contributed by atoms with van der Waals surface area (Å²) in [7, 11) is 0. The maximum absolute atomic E-state index is 11.6. The zero-order valence-corrected chi connectivity index (χ0v) is 14.6. The average molecular weight is 346 g/mol. The minimum absolute atomic E-state index is 0.0395. The lowest BCUT2D eigenvalue weighted by molar-refractivity contribution is 0.101. The zero-order chi connectivity index (χ0) is 18.1. The van der Waals surface area contributed by atoms with Gasteiger partial charge in [-0.15, -0.1) is 0 Å². The van der Waals surface area contributed by atoms with Crippen molar-refractivity contribution in [3.05, 3.63) is 60.4 Å². The maximum Gasteiger partial charge on any atom is 0.195 e. The van der Waals surface area contributed by atoms with Gasteiger partial charge < -0.3 is 9.13 Å². The van der Waals surface area contributed by atoms with Crippen molar-refractivity contribution in [3.8, 4) is 11.6 Å². The molecule has 0 atom stereocenters. The molecule has 7 heteroatoms. The Hall–Kier alpha value is -3.35. The highest BCUT2D eigenvalue weighted by Crippen LogP contribution is 2.21. The van der Waals surface area contributed by atoms with Gasteiger partial charge in [-0.25, -0.2) is 19.9 Å². The van der Waals surface area contributed by atoms with Crippen LogP contribution in [0.2, 0.25) is 0 Å². The minimum atomic E-state index is 0.0395. The molecule has 0 unspecified atom stereocenters. The molecule has 0 aliphatic carbocycles. The number of rotatable bonds is 5. The van der Waals surface area contributed by atoms with Crippen molar-refractivity contribution in [3.63, 3.8) is 0 Å². The van der Waals surface area contributed by atoms with Crippen LogP contribution in [0.1, 0.15) is 30.0 Å². The molecule has 0 spiro atoms. The first-order valence-corrected chi connectivity index (χ1v) is 8.46. The van der Waals surface area contributed by atoms with Crippen LogP contribution in [0.5, 0.6) is 0 Å². The second-order valence-electron chi connectivity index (χ2n) is 5.98. The fraction of sp³-hybridized carbons (Fsp3) is 0.211. The van der Waals surface area contributed by atoms with Gasteiger partial charge in [0.2, 0.25) is 0 Å². The number of nitrogens with zero attached hydrogens (tertiary/aromatic N) is 6. The molecule has 0 saturated carbocycles. The Morgan fingerprint density at radius 3 is 2.65 bits per heavy atom. The SMILES string of the molecule is CCn1c(Cn2ccnc2-c2ncccn2)nc2cc(C(C)=O)ccc21. The van der Waals surface area contributed by atoms with Gasteiger partial charge in [-0.2, -0.15) is 0 Å². The first-order valence-electron chi connectivity index (χ1n) is 8.46. The van der Waals surface area contributed by atoms with Gasteiger partial charge in [-0.3, -0.25) is 4.79 Å². The van der Waals surface area contributed by atoms with Crippen LogP contribution in [0.4, 0.5) is 0 Å². The van der Waals surface area contributed by atoms with Crippen LogP contribution in [0.15, 0.2) is 49.1 Å². The number of carbonyl (C=O) groups excluding carboxylic acids is 1. The van der Waals surface area contributed by atoms with Gasteiger partial charge in [0, 0.05) is 36.9 Å². The Bertz CT molecular complexity index is 1080. The summed E-state index contributed by atoms with van der Waals surface area (Å²) in [5, 5.41) is 0. The van der Waals surface area contributed by atoms with Crippen LogP contribution in [0.25, 0.3) is 22.7 Å². The third-order valence-electron chi connectivity index (χ3n) is 4.34. The number of aryl methyl sites for hydroxylation is 1. The van der Waals surface area contributed by atoms with Gasteiger partial charge in [0.25, 0.3) is 0 Å². The lowest BCUT2D eigenvalue weighted by atomic mass is 10.1. The van der Waals surface area contributed by atoms with E-state index < -0.39 is 0 Å². The summed E-state index contributed by atoms with van der Waals surface area (Å²) < 4.78 is 4.13. The van der Waals surface area contributed by atoms with Crippen LogP contribution < -0.4 is 0 Å². The Kier molecular flexibility index (Phi) is 4.04. The normalized spacial score (nSPS) is 11.2. The molecular formula is C19H18N6O. The minimum Gasteiger partial charge on any atom is -0.327 e. The van der Waals surface area contributed by atoms with Gasteiger partial charge in [0.05, 0.1) is 17.6 Å². The molecule has 0 amide bonds. The number of benzene rings is 1. The molecule has 3 heterocycles. The Morgan fingerprint density at radius 2 is 1.92 bits per heavy atom. The van der Waals surface area contributed by atoms with Crippen LogP contribution >= 0.6 is 0 Å². The van der Waals surface area contributed by atoms with E-state index in [1.54, 1.807) is 31.6 Å². The van der Waals surface area contributed by atoms with Crippen molar-refractivity contribution < 1.29 is 4.79 Å². The van der Waals surface area contributed by atoms with E-state index in [1.165, 1.54) is 0 Å². The third-order valence-corrected chi connectivity index (χ3v) is 4.34. The van der Waals surface area contributed by atoms with Crippen molar-refractivity contribution in [2.45, 2.75) is 26.9 Å². The summed E-state index contributed by atoms with van der Waals surface area (Å²) in [5.74, 6) is 2.22. The number of ketones is 1. The Labute approximate surface area is 150 Å². The van der Waals surface area contributed by atoms with Crippen molar-refractivity contribution in [1.82, 2.24) is 29.1 Å². The quantitative estimate of drug-likeness (QED) is 0.519. The van der Waals surface area contributed by atoms with Crippen molar-refractivity contribution >= 4 is 16.8 Å². The van der Waals surface area contributed by atoms with Gasteiger partial charge in [-0.05, 0) is 38.1 Å². The summed E-state index contributed by atoms with van der Waals surface area (Å²) in [6, 6.07) is 7.44. The summed E-state index contributed by atoms with van der Waals surface area (Å²) >= 11 is 0. The van der Waals surface area contributed by atoms with E-state index >= 15 is 0 Å². The van der Waals surface area contributed by atoms with E-state index in [0.717, 1.165) is 23.4 Å². The number of fused-ring (bicyclic) bond motifs is 1. The Balaban J connectivity index is 1.76. The molecule has 0 N–H and O–H groups in total. The van der Waals surface area contributed by atoms with Crippen molar-refractivity contribution in [2.75, 3.05) is 0 Å². The second kappa shape index (κ2) is 6.51. The first kappa shape index (κ1) is 16.1. The molecule has 130 valence electrons. The zero-order valence-electron chi connectivity index (χ0n) is 14.6. The van der Waals surface area contributed by atoms with Crippen LogP contribution in [0, 0.1) is 0 Å². The van der Waals surface area contributed by atoms with Gasteiger partial charge >= 0.3 is 0 Å². The van der Waals surface area contributed by atoms with Gasteiger partial charge in [-0.1, -0.05) is 0 Å². The third kappa shape index (κ3) is 2.77. The van der Waals surface area contributed by atoms with Gasteiger partial charge in [0.1, 0.15) is 5.82 Å². The van der Waals surface area contributed by atoms with Crippen LogP contribution in [0.3, 0.4) is 0 Å². The monoisotopic (exact) mass is 346 g/mol. The summed E-state index contributed by atoms with van der Waals surface area (Å²) in [5.41, 5.74) is 2.52. The number of Topliss-reactive ketones (excluding diaryl/α,β-unsaturated/α-hetero) is 1. The van der Waals surface area contributed by atoms with E-state index in [9.17, 15) is 4.79 Å². The molecule has 0 aliphatic rings. The largest absolute Gasteiger partial charge is 0.327 e. The number of hydrogen-bond donors (Lipinski definition) is 0. The number of imidazole rings is 2. The molecule has 0 aliphatic heterocycles. The average Bonchev–Trinajstić information content (AvgIpc) is 3.25. The number of hydrogen-bond acceptors (Lipinski definition) is 5. The van der Waals surface area contributed by atoms with Crippen LogP contribution in [-0.4, -0.2) is 34.9 Å². The van der Waals surface area contributed by atoms with Crippen molar-refractivity contribution in [1.29, 1.82) is 0 Å². The lowest BCUT2D eigenvalue weighted by Gasteiger charge is -2.09. The fourth-order valence-corrected chi connectivity index (χ4v) is 3.08. The first-order chi connectivity index (χ1) is 12.7. The highest BCUT2D eigenvalue weighted by Gasteiger charge is 2.15. The molecule has 0 saturated heterocycles. The van der Waals surface area contributed by atoms with Crippen LogP contribution in [-0.2, 0) is 13.1 Å². The predicted octanol–water partition coefficient (Wildman–Crippen LogP) is 2.96. The standard InChI is InChI=1S/C19H18N6O/c1-3-25-16-6-5-14(13(2)26)11-15(16)23-17(25)12-24-10-9-22-19(24)18-20-7-4-8-21-18/h4-11H,3,12H2,1-2H3. The van der Waals surface area contributed by atoms with E-state index in [1.807, 2.05) is 29.0 Å². The van der Waals surface area contributed by atoms with E-state index in [0.29, 0.717) is 23.8 Å². The smallest absolute Gasteiger partial charge is 0.195 e. The van der Waals surface area contributed by atoms with E-state index in [4.69, 9.17) is 4.98 Å². The number of aromatic nitrogens is 6. The predicted molar refractivity (Wildman–Crippen MR) is 97.8 cm³/mol. The molecular weight excluding hydrogens is 328 g/mol. The molecule has 3 aromatic heterocycles. The molecule has 26 heavy (non-hydrogen) atoms. The molecule has 0 bridgehead atoms. The van der Waals surface area contributed by atoms with Gasteiger partial charge in [0.15, 0.2) is 17.4 Å². The highest BCUT2D eigenvalue weighted by molar-refractivity contribution is 5.97. The fourth-order valence-electron chi connectivity index (χ4n) is 3.08. The molecule has 1 aromatic carbocycles. The summed E-state index contributed by atoms with van der Waals surface area (Å²) in [6.45, 7) is 4.98. The molecule has 0 radical (unpaired) electrons. The molecule has 7 nitrogen and oxygen atoms in total. The van der Waals surface area contributed by atoms with Crippen molar-refractivity contribution in [2.24, 2.45) is 0 Å². The lowest BCUT2D eigenvalue weighted by Crippen LogP contribution is -2.09. The molecule has 4 rings (SSSR count). The highest BCUT2D eigenvalue weighted by atomic mass is 16.1.